The summed E-state index contributed by atoms with van der Waals surface area (Å²) in [7, 11) is 0. The van der Waals surface area contributed by atoms with Crippen molar-refractivity contribution in [2.45, 2.75) is 44.3 Å². The molecule has 0 spiro atoms. The van der Waals surface area contributed by atoms with E-state index in [9.17, 15) is 10.2 Å². The number of hydrogen-bond acceptors (Lipinski definition) is 4. The fraction of sp³-hybridized carbons (Fsp3) is 0.727. The highest BCUT2D eigenvalue weighted by Gasteiger charge is 2.57. The maximum atomic E-state index is 10.1. The van der Waals surface area contributed by atoms with Crippen LogP contribution in [0.3, 0.4) is 0 Å². The first-order chi connectivity index (χ1) is 7.18. The quantitative estimate of drug-likeness (QED) is 0.777. The van der Waals surface area contributed by atoms with Gasteiger partial charge in [-0.15, -0.1) is 0 Å². The highest BCUT2D eigenvalue weighted by molar-refractivity contribution is 5.19. The summed E-state index contributed by atoms with van der Waals surface area (Å²) in [6.45, 7) is 2.12. The predicted molar refractivity (Wildman–Crippen MR) is 54.0 cm³/mol. The van der Waals surface area contributed by atoms with Crippen LogP contribution < -0.4 is 0 Å². The van der Waals surface area contributed by atoms with Crippen molar-refractivity contribution in [3.63, 3.8) is 0 Å². The Hall–Kier alpha value is -0.870. The van der Waals surface area contributed by atoms with Crippen LogP contribution in [0.5, 0.6) is 0 Å². The van der Waals surface area contributed by atoms with Gasteiger partial charge in [-0.25, -0.2) is 0 Å². The zero-order valence-electron chi connectivity index (χ0n) is 8.89. The molecule has 1 aromatic rings. The van der Waals surface area contributed by atoms with E-state index >= 15 is 0 Å². The predicted octanol–water partition coefficient (Wildman–Crippen LogP) is 1.65. The average molecular weight is 211 g/mol. The number of rotatable bonds is 5. The summed E-state index contributed by atoms with van der Waals surface area (Å²) >= 11 is 0. The fourth-order valence-corrected chi connectivity index (χ4v) is 2.11. The van der Waals surface area contributed by atoms with Crippen molar-refractivity contribution in [3.8, 4) is 0 Å². The van der Waals surface area contributed by atoms with Crippen LogP contribution in [0.4, 0.5) is 0 Å². The number of nitrogens with zero attached hydrogens (tertiary/aromatic N) is 1. The third kappa shape index (κ3) is 1.92. The molecule has 1 heterocycles. The first kappa shape index (κ1) is 10.6. The van der Waals surface area contributed by atoms with Crippen LogP contribution in [0.2, 0.25) is 0 Å². The molecule has 1 aliphatic rings. The standard InChI is InChI=1S/C11H17NO3/c1-2-3-4-9-5-11(9,14)10(13)8-6-12-15-7-8/h6-7,9-10,13-14H,2-5H2,1H3. The van der Waals surface area contributed by atoms with Crippen LogP contribution in [0, 0.1) is 5.92 Å². The minimum Gasteiger partial charge on any atom is -0.387 e. The van der Waals surface area contributed by atoms with E-state index in [2.05, 4.69) is 16.6 Å². The lowest BCUT2D eigenvalue weighted by Gasteiger charge is -2.16. The van der Waals surface area contributed by atoms with Gasteiger partial charge in [0.15, 0.2) is 0 Å². The van der Waals surface area contributed by atoms with Crippen molar-refractivity contribution in [1.82, 2.24) is 5.16 Å². The molecule has 1 aromatic heterocycles. The van der Waals surface area contributed by atoms with Crippen LogP contribution in [0.15, 0.2) is 17.0 Å². The van der Waals surface area contributed by atoms with E-state index in [4.69, 9.17) is 0 Å². The largest absolute Gasteiger partial charge is 0.387 e. The van der Waals surface area contributed by atoms with Crippen molar-refractivity contribution in [2.24, 2.45) is 5.92 Å². The number of aliphatic hydroxyl groups is 2. The van der Waals surface area contributed by atoms with Gasteiger partial charge in [-0.05, 0) is 18.8 Å². The number of hydrogen-bond donors (Lipinski definition) is 2. The molecule has 3 unspecified atom stereocenters. The minimum atomic E-state index is -0.944. The first-order valence-electron chi connectivity index (χ1n) is 5.48. The van der Waals surface area contributed by atoms with E-state index in [0.29, 0.717) is 12.0 Å². The lowest BCUT2D eigenvalue weighted by atomic mass is 10.0. The van der Waals surface area contributed by atoms with Crippen molar-refractivity contribution in [3.05, 3.63) is 18.0 Å². The van der Waals surface area contributed by atoms with Crippen LogP contribution in [-0.2, 0) is 0 Å². The first-order valence-corrected chi connectivity index (χ1v) is 5.48. The van der Waals surface area contributed by atoms with E-state index in [0.717, 1.165) is 19.3 Å². The van der Waals surface area contributed by atoms with E-state index < -0.39 is 11.7 Å². The molecule has 0 radical (unpaired) electrons. The summed E-state index contributed by atoms with van der Waals surface area (Å²) in [5, 5.41) is 23.6. The molecule has 3 atom stereocenters. The van der Waals surface area contributed by atoms with Crippen molar-refractivity contribution < 1.29 is 14.7 Å². The summed E-state index contributed by atoms with van der Waals surface area (Å²) in [5.74, 6) is 0.224. The zero-order chi connectivity index (χ0) is 10.9. The van der Waals surface area contributed by atoms with Gasteiger partial charge in [0, 0.05) is 5.56 Å². The van der Waals surface area contributed by atoms with E-state index in [1.807, 2.05) is 0 Å². The van der Waals surface area contributed by atoms with Gasteiger partial charge >= 0.3 is 0 Å². The third-order valence-corrected chi connectivity index (χ3v) is 3.27. The lowest BCUT2D eigenvalue weighted by molar-refractivity contribution is -0.0147. The Labute approximate surface area is 88.9 Å². The molecule has 0 aromatic carbocycles. The van der Waals surface area contributed by atoms with E-state index in [1.165, 1.54) is 12.5 Å². The highest BCUT2D eigenvalue weighted by atomic mass is 16.5. The average Bonchev–Trinajstić information content (AvgIpc) is 2.71. The maximum absolute atomic E-state index is 10.1. The SMILES string of the molecule is CCCCC1CC1(O)C(O)c1cnoc1. The van der Waals surface area contributed by atoms with Gasteiger partial charge < -0.3 is 14.7 Å². The van der Waals surface area contributed by atoms with Crippen LogP contribution in [-0.4, -0.2) is 21.0 Å². The number of aliphatic hydroxyl groups excluding tert-OH is 1. The molecule has 0 amide bonds. The van der Waals surface area contributed by atoms with Gasteiger partial charge in [-0.3, -0.25) is 0 Å². The molecular weight excluding hydrogens is 194 g/mol. The second kappa shape index (κ2) is 3.94. The van der Waals surface area contributed by atoms with Gasteiger partial charge in [-0.2, -0.15) is 0 Å². The van der Waals surface area contributed by atoms with Gasteiger partial charge in [0.05, 0.1) is 11.8 Å². The van der Waals surface area contributed by atoms with Crippen LogP contribution >= 0.6 is 0 Å². The van der Waals surface area contributed by atoms with Crippen LogP contribution in [0.1, 0.15) is 44.3 Å². The third-order valence-electron chi connectivity index (χ3n) is 3.27. The molecule has 15 heavy (non-hydrogen) atoms. The Morgan fingerprint density at radius 1 is 1.73 bits per heavy atom. The molecule has 4 heteroatoms. The van der Waals surface area contributed by atoms with Crippen molar-refractivity contribution in [2.75, 3.05) is 0 Å². The minimum absolute atomic E-state index is 0.224. The summed E-state index contributed by atoms with van der Waals surface area (Å²) in [5.41, 5.74) is -0.378. The number of aromatic nitrogens is 1. The molecule has 0 saturated heterocycles. The molecular formula is C11H17NO3. The molecule has 0 bridgehead atoms. The van der Waals surface area contributed by atoms with Crippen molar-refractivity contribution >= 4 is 0 Å². The smallest absolute Gasteiger partial charge is 0.129 e. The molecule has 84 valence electrons. The van der Waals surface area contributed by atoms with Crippen LogP contribution in [0.25, 0.3) is 0 Å². The Morgan fingerprint density at radius 3 is 3.13 bits per heavy atom. The topological polar surface area (TPSA) is 66.5 Å². The summed E-state index contributed by atoms with van der Waals surface area (Å²) in [6, 6.07) is 0. The maximum Gasteiger partial charge on any atom is 0.129 e. The Kier molecular flexibility index (Phi) is 2.80. The van der Waals surface area contributed by atoms with Gasteiger partial charge in [0.1, 0.15) is 12.4 Å². The number of unbranched alkanes of at least 4 members (excludes halogenated alkanes) is 1. The van der Waals surface area contributed by atoms with Gasteiger partial charge in [0.2, 0.25) is 0 Å². The molecule has 2 rings (SSSR count). The molecule has 1 fully saturated rings. The Balaban J connectivity index is 1.95. The summed E-state index contributed by atoms with van der Waals surface area (Å²) < 4.78 is 4.65. The second-order valence-corrected chi connectivity index (χ2v) is 4.39. The fourth-order valence-electron chi connectivity index (χ4n) is 2.11. The molecule has 1 saturated carbocycles. The van der Waals surface area contributed by atoms with E-state index in [1.54, 1.807) is 0 Å². The monoisotopic (exact) mass is 211 g/mol. The summed E-state index contributed by atoms with van der Waals surface area (Å²) in [4.78, 5) is 0. The van der Waals surface area contributed by atoms with Crippen molar-refractivity contribution in [1.29, 1.82) is 0 Å². The Morgan fingerprint density at radius 2 is 2.53 bits per heavy atom. The lowest BCUT2D eigenvalue weighted by Crippen LogP contribution is -2.22. The summed E-state index contributed by atoms with van der Waals surface area (Å²) in [6.07, 6.45) is 5.87. The van der Waals surface area contributed by atoms with Gasteiger partial charge in [0.25, 0.3) is 0 Å². The second-order valence-electron chi connectivity index (χ2n) is 4.39. The highest BCUT2D eigenvalue weighted by Crippen LogP contribution is 2.53. The molecule has 0 aliphatic heterocycles. The zero-order valence-corrected chi connectivity index (χ0v) is 8.89. The van der Waals surface area contributed by atoms with E-state index in [-0.39, 0.29) is 5.92 Å². The normalized spacial score (nSPS) is 31.5. The molecule has 4 nitrogen and oxygen atoms in total. The van der Waals surface area contributed by atoms with Gasteiger partial charge in [-0.1, -0.05) is 24.9 Å². The molecule has 1 aliphatic carbocycles. The molecule has 2 N–H and O–H groups in total. The Bertz CT molecular complexity index is 312.